The molecule has 0 saturated heterocycles. The van der Waals surface area contributed by atoms with Gasteiger partial charge in [0, 0.05) is 12.6 Å². The summed E-state index contributed by atoms with van der Waals surface area (Å²) in [6.07, 6.45) is 3.09. The first kappa shape index (κ1) is 14.3. The van der Waals surface area contributed by atoms with Crippen LogP contribution in [0.4, 0.5) is 10.2 Å². The first-order valence-corrected chi connectivity index (χ1v) is 6.50. The smallest absolute Gasteiger partial charge is 0.147 e. The second-order valence-electron chi connectivity index (χ2n) is 4.43. The summed E-state index contributed by atoms with van der Waals surface area (Å²) in [6.45, 7) is 1.90. The van der Waals surface area contributed by atoms with Gasteiger partial charge in [-0.25, -0.2) is 14.4 Å². The molecule has 0 spiro atoms. The Morgan fingerprint density at radius 3 is 2.55 bits per heavy atom. The first-order valence-electron chi connectivity index (χ1n) is 6.10. The molecule has 0 bridgehead atoms. The van der Waals surface area contributed by atoms with Crippen molar-refractivity contribution >= 4 is 23.0 Å². The number of halogens is 1. The van der Waals surface area contributed by atoms with Gasteiger partial charge in [-0.05, 0) is 13.0 Å². The molecule has 0 radical (unpaired) electrons. The van der Waals surface area contributed by atoms with Crippen molar-refractivity contribution in [2.45, 2.75) is 13.0 Å². The molecule has 1 heterocycles. The Bertz CT molecular complexity index is 615. The maximum absolute atomic E-state index is 13.8. The van der Waals surface area contributed by atoms with Crippen LogP contribution in [0, 0.1) is 5.82 Å². The number of rotatable bonds is 4. The fourth-order valence-electron chi connectivity index (χ4n) is 1.85. The molecular weight excluding hydrogens is 275 g/mol. The van der Waals surface area contributed by atoms with Crippen LogP contribution in [0.15, 0.2) is 36.7 Å². The van der Waals surface area contributed by atoms with E-state index in [1.54, 1.807) is 18.3 Å². The number of thiocarbonyl (C=S) groups is 1. The molecule has 20 heavy (non-hydrogen) atoms. The Labute approximate surface area is 122 Å². The first-order chi connectivity index (χ1) is 9.50. The molecule has 0 aliphatic rings. The fourth-order valence-corrected chi connectivity index (χ4v) is 1.96. The van der Waals surface area contributed by atoms with E-state index in [1.807, 2.05) is 24.9 Å². The zero-order valence-electron chi connectivity index (χ0n) is 11.2. The van der Waals surface area contributed by atoms with Crippen LogP contribution in [0.5, 0.6) is 0 Å². The van der Waals surface area contributed by atoms with E-state index in [4.69, 9.17) is 18.0 Å². The SMILES string of the molecule is CC(c1ccccc1F)N(C)c1cnc(C(N)=S)cn1. The molecule has 0 saturated carbocycles. The lowest BCUT2D eigenvalue weighted by atomic mass is 10.1. The van der Waals surface area contributed by atoms with E-state index in [9.17, 15) is 4.39 Å². The van der Waals surface area contributed by atoms with Crippen molar-refractivity contribution in [1.82, 2.24) is 9.97 Å². The van der Waals surface area contributed by atoms with E-state index in [2.05, 4.69) is 9.97 Å². The van der Waals surface area contributed by atoms with E-state index >= 15 is 0 Å². The van der Waals surface area contributed by atoms with Gasteiger partial charge in [0.1, 0.15) is 22.3 Å². The van der Waals surface area contributed by atoms with Crippen LogP contribution in [0.2, 0.25) is 0 Å². The van der Waals surface area contributed by atoms with Crippen LogP contribution in [0.3, 0.4) is 0 Å². The number of benzene rings is 1. The van der Waals surface area contributed by atoms with Crippen LogP contribution >= 0.6 is 12.2 Å². The van der Waals surface area contributed by atoms with Gasteiger partial charge in [-0.15, -0.1) is 0 Å². The molecule has 4 nitrogen and oxygen atoms in total. The molecule has 6 heteroatoms. The number of hydrogen-bond donors (Lipinski definition) is 1. The predicted molar refractivity (Wildman–Crippen MR) is 81.1 cm³/mol. The maximum Gasteiger partial charge on any atom is 0.147 e. The van der Waals surface area contributed by atoms with Crippen LogP contribution in [0.25, 0.3) is 0 Å². The number of hydrogen-bond acceptors (Lipinski definition) is 4. The third-order valence-electron chi connectivity index (χ3n) is 3.19. The Hall–Kier alpha value is -2.08. The highest BCUT2D eigenvalue weighted by Gasteiger charge is 2.17. The van der Waals surface area contributed by atoms with Gasteiger partial charge in [-0.2, -0.15) is 0 Å². The van der Waals surface area contributed by atoms with Gasteiger partial charge < -0.3 is 10.6 Å². The molecule has 0 fully saturated rings. The Morgan fingerprint density at radius 2 is 2.00 bits per heavy atom. The summed E-state index contributed by atoms with van der Waals surface area (Å²) in [5.41, 5.74) is 6.55. The minimum Gasteiger partial charge on any atom is -0.388 e. The molecule has 2 N–H and O–H groups in total. The molecule has 1 unspecified atom stereocenters. The molecule has 0 aliphatic heterocycles. The third-order valence-corrected chi connectivity index (χ3v) is 3.40. The number of nitrogens with zero attached hydrogens (tertiary/aromatic N) is 3. The van der Waals surface area contributed by atoms with E-state index < -0.39 is 0 Å². The topological polar surface area (TPSA) is 55.0 Å². The Morgan fingerprint density at radius 1 is 1.30 bits per heavy atom. The lowest BCUT2D eigenvalue weighted by Crippen LogP contribution is -2.24. The molecule has 104 valence electrons. The zero-order valence-corrected chi connectivity index (χ0v) is 12.1. The highest BCUT2D eigenvalue weighted by Crippen LogP contribution is 2.25. The van der Waals surface area contributed by atoms with Gasteiger partial charge >= 0.3 is 0 Å². The second kappa shape index (κ2) is 5.92. The molecule has 2 aromatic rings. The molecular formula is C14H15FN4S. The number of aromatic nitrogens is 2. The van der Waals surface area contributed by atoms with Gasteiger partial charge in [0.15, 0.2) is 0 Å². The van der Waals surface area contributed by atoms with E-state index in [-0.39, 0.29) is 16.8 Å². The van der Waals surface area contributed by atoms with E-state index in [1.165, 1.54) is 12.3 Å². The van der Waals surface area contributed by atoms with Crippen LogP contribution < -0.4 is 10.6 Å². The van der Waals surface area contributed by atoms with Crippen molar-refractivity contribution in [1.29, 1.82) is 0 Å². The largest absolute Gasteiger partial charge is 0.388 e. The van der Waals surface area contributed by atoms with Gasteiger partial charge in [-0.1, -0.05) is 30.4 Å². The number of anilines is 1. The van der Waals surface area contributed by atoms with Crippen molar-refractivity contribution < 1.29 is 4.39 Å². The van der Waals surface area contributed by atoms with Crippen molar-refractivity contribution in [2.24, 2.45) is 5.73 Å². The quantitative estimate of drug-likeness (QED) is 0.877. The molecule has 1 aromatic carbocycles. The monoisotopic (exact) mass is 290 g/mol. The van der Waals surface area contributed by atoms with E-state index in [0.717, 1.165) is 0 Å². The standard InChI is InChI=1S/C14H15FN4S/c1-9(10-5-3-4-6-11(10)15)19(2)13-8-17-12(7-18-13)14(16)20/h3-9H,1-2H3,(H2,16,20). The van der Waals surface area contributed by atoms with Crippen molar-refractivity contribution in [3.8, 4) is 0 Å². The lowest BCUT2D eigenvalue weighted by Gasteiger charge is -2.26. The van der Waals surface area contributed by atoms with Gasteiger partial charge in [0.25, 0.3) is 0 Å². The van der Waals surface area contributed by atoms with Crippen molar-refractivity contribution in [2.75, 3.05) is 11.9 Å². The summed E-state index contributed by atoms with van der Waals surface area (Å²) in [7, 11) is 1.83. The third kappa shape index (κ3) is 2.91. The summed E-state index contributed by atoms with van der Waals surface area (Å²) in [5.74, 6) is 0.389. The summed E-state index contributed by atoms with van der Waals surface area (Å²) < 4.78 is 13.8. The minimum atomic E-state index is -0.237. The van der Waals surface area contributed by atoms with Crippen molar-refractivity contribution in [3.05, 3.63) is 53.7 Å². The molecule has 2 rings (SSSR count). The average Bonchev–Trinajstić information content (AvgIpc) is 2.46. The summed E-state index contributed by atoms with van der Waals surface area (Å²) in [5, 5.41) is 0. The zero-order chi connectivity index (χ0) is 14.7. The van der Waals surface area contributed by atoms with Crippen molar-refractivity contribution in [3.63, 3.8) is 0 Å². The molecule has 1 atom stereocenters. The highest BCUT2D eigenvalue weighted by atomic mass is 32.1. The van der Waals surface area contributed by atoms with Crippen LogP contribution in [0.1, 0.15) is 24.2 Å². The lowest BCUT2D eigenvalue weighted by molar-refractivity contribution is 0.584. The normalized spacial score (nSPS) is 11.9. The predicted octanol–water partition coefficient (Wildman–Crippen LogP) is 2.45. The fraction of sp³-hybridized carbons (Fsp3) is 0.214. The van der Waals surface area contributed by atoms with E-state index in [0.29, 0.717) is 17.1 Å². The molecule has 1 aromatic heterocycles. The highest BCUT2D eigenvalue weighted by molar-refractivity contribution is 7.80. The average molecular weight is 290 g/mol. The van der Waals surface area contributed by atoms with Gasteiger partial charge in [0.2, 0.25) is 0 Å². The van der Waals surface area contributed by atoms with Gasteiger partial charge in [0.05, 0.1) is 18.4 Å². The summed E-state index contributed by atoms with van der Waals surface area (Å²) >= 11 is 4.83. The minimum absolute atomic E-state index is 0.166. The second-order valence-corrected chi connectivity index (χ2v) is 4.87. The van der Waals surface area contributed by atoms with Crippen LogP contribution in [-0.4, -0.2) is 22.0 Å². The maximum atomic E-state index is 13.8. The summed E-state index contributed by atoms with van der Waals surface area (Å²) in [4.78, 5) is 10.4. The Balaban J connectivity index is 2.24. The number of nitrogens with two attached hydrogens (primary N) is 1. The summed E-state index contributed by atoms with van der Waals surface area (Å²) in [6, 6.07) is 6.52. The molecule has 0 amide bonds. The molecule has 0 aliphatic carbocycles. The van der Waals surface area contributed by atoms with Crippen LogP contribution in [-0.2, 0) is 0 Å². The Kier molecular flexibility index (Phi) is 4.24. The van der Waals surface area contributed by atoms with Gasteiger partial charge in [-0.3, -0.25) is 0 Å².